The van der Waals surface area contributed by atoms with Crippen LogP contribution >= 0.6 is 46.9 Å². The van der Waals surface area contributed by atoms with Crippen molar-refractivity contribution in [3.63, 3.8) is 0 Å². The third-order valence-electron chi connectivity index (χ3n) is 3.29. The molecule has 1 aromatic carbocycles. The molecule has 0 saturated carbocycles. The highest BCUT2D eigenvalue weighted by Gasteiger charge is 2.08. The standard InChI is InChI=1S/C16H21ClN4S.HI/c1-4-15-21-14(10-22-15)9-19-16(18-3)20-11(2)12-5-7-13(17)8-6-12;/h5-8,10-11H,4,9H2,1-3H3,(H2,18,19,20);1H. The maximum absolute atomic E-state index is 5.92. The topological polar surface area (TPSA) is 49.3 Å². The molecule has 1 atom stereocenters. The van der Waals surface area contributed by atoms with Gasteiger partial charge in [0.1, 0.15) is 0 Å². The number of aromatic nitrogens is 1. The number of nitrogens with one attached hydrogen (secondary N) is 2. The molecule has 1 heterocycles. The van der Waals surface area contributed by atoms with E-state index in [0.29, 0.717) is 6.54 Å². The fourth-order valence-electron chi connectivity index (χ4n) is 2.00. The molecule has 2 N–H and O–H groups in total. The number of hydrogen-bond acceptors (Lipinski definition) is 3. The molecule has 0 radical (unpaired) electrons. The number of aryl methyl sites for hydroxylation is 1. The quantitative estimate of drug-likeness (QED) is 0.392. The second-order valence-corrected chi connectivity index (χ2v) is 6.31. The normalized spacial score (nSPS) is 12.4. The average Bonchev–Trinajstić information content (AvgIpc) is 3.00. The summed E-state index contributed by atoms with van der Waals surface area (Å²) in [5, 5.41) is 10.6. The van der Waals surface area contributed by atoms with Crippen LogP contribution in [-0.4, -0.2) is 18.0 Å². The number of benzene rings is 1. The minimum atomic E-state index is 0. The van der Waals surface area contributed by atoms with Gasteiger partial charge in [-0.25, -0.2) is 4.98 Å². The van der Waals surface area contributed by atoms with Crippen molar-refractivity contribution in [3.8, 4) is 0 Å². The van der Waals surface area contributed by atoms with Crippen LogP contribution in [0.2, 0.25) is 5.02 Å². The summed E-state index contributed by atoms with van der Waals surface area (Å²) in [6, 6.07) is 7.97. The lowest BCUT2D eigenvalue weighted by molar-refractivity contribution is 0.683. The number of halogens is 2. The van der Waals surface area contributed by atoms with Crippen molar-refractivity contribution in [1.29, 1.82) is 0 Å². The summed E-state index contributed by atoms with van der Waals surface area (Å²) in [7, 11) is 1.77. The fraction of sp³-hybridized carbons (Fsp3) is 0.375. The zero-order valence-electron chi connectivity index (χ0n) is 13.5. The number of thiazole rings is 1. The summed E-state index contributed by atoms with van der Waals surface area (Å²) in [4.78, 5) is 8.80. The Morgan fingerprint density at radius 3 is 2.61 bits per heavy atom. The highest BCUT2D eigenvalue weighted by molar-refractivity contribution is 14.0. The maximum atomic E-state index is 5.92. The Labute approximate surface area is 163 Å². The monoisotopic (exact) mass is 464 g/mol. The van der Waals surface area contributed by atoms with E-state index < -0.39 is 0 Å². The number of hydrogen-bond donors (Lipinski definition) is 2. The van der Waals surface area contributed by atoms with Crippen LogP contribution in [0, 0.1) is 0 Å². The van der Waals surface area contributed by atoms with Crippen LogP contribution in [-0.2, 0) is 13.0 Å². The second-order valence-electron chi connectivity index (χ2n) is 4.93. The second kappa shape index (κ2) is 10.1. The molecular weight excluding hydrogens is 443 g/mol. The van der Waals surface area contributed by atoms with E-state index in [1.165, 1.54) is 0 Å². The van der Waals surface area contributed by atoms with Crippen LogP contribution in [0.3, 0.4) is 0 Å². The van der Waals surface area contributed by atoms with E-state index in [4.69, 9.17) is 11.6 Å². The molecule has 0 fully saturated rings. The van der Waals surface area contributed by atoms with Gasteiger partial charge in [0.15, 0.2) is 5.96 Å². The summed E-state index contributed by atoms with van der Waals surface area (Å²) in [5.74, 6) is 0.758. The van der Waals surface area contributed by atoms with Gasteiger partial charge in [0.05, 0.1) is 23.3 Å². The molecule has 126 valence electrons. The minimum Gasteiger partial charge on any atom is -0.351 e. The van der Waals surface area contributed by atoms with Crippen LogP contribution in [0.4, 0.5) is 0 Å². The Hall–Kier alpha value is -0.860. The summed E-state index contributed by atoms with van der Waals surface area (Å²) in [5.41, 5.74) is 2.21. The summed E-state index contributed by atoms with van der Waals surface area (Å²) in [6.07, 6.45) is 0.977. The summed E-state index contributed by atoms with van der Waals surface area (Å²) in [6.45, 7) is 4.88. The average molecular weight is 465 g/mol. The lowest BCUT2D eigenvalue weighted by Crippen LogP contribution is -2.38. The molecule has 1 unspecified atom stereocenters. The highest BCUT2D eigenvalue weighted by atomic mass is 127. The third-order valence-corrected chi connectivity index (χ3v) is 4.58. The predicted molar refractivity (Wildman–Crippen MR) is 110 cm³/mol. The van der Waals surface area contributed by atoms with Crippen LogP contribution in [0.5, 0.6) is 0 Å². The van der Waals surface area contributed by atoms with Gasteiger partial charge >= 0.3 is 0 Å². The first-order valence-corrected chi connectivity index (χ1v) is 8.54. The molecule has 2 aromatic rings. The highest BCUT2D eigenvalue weighted by Crippen LogP contribution is 2.16. The molecule has 0 aliphatic carbocycles. The molecule has 0 saturated heterocycles. The number of aliphatic imine (C=N–C) groups is 1. The van der Waals surface area contributed by atoms with Crippen molar-refractivity contribution >= 4 is 52.9 Å². The predicted octanol–water partition coefficient (Wildman–Crippen LogP) is 4.40. The molecule has 2 rings (SSSR count). The molecule has 0 aliphatic heterocycles. The zero-order chi connectivity index (χ0) is 15.9. The number of rotatable bonds is 5. The first kappa shape index (κ1) is 20.2. The van der Waals surface area contributed by atoms with Crippen molar-refractivity contribution in [2.24, 2.45) is 4.99 Å². The molecule has 0 aliphatic rings. The molecule has 0 bridgehead atoms. The van der Waals surface area contributed by atoms with Crippen LogP contribution in [0.15, 0.2) is 34.6 Å². The molecule has 1 aromatic heterocycles. The summed E-state index contributed by atoms with van der Waals surface area (Å²) < 4.78 is 0. The van der Waals surface area contributed by atoms with Crippen molar-refractivity contribution in [3.05, 3.63) is 50.9 Å². The van der Waals surface area contributed by atoms with Crippen molar-refractivity contribution in [2.75, 3.05) is 7.05 Å². The Morgan fingerprint density at radius 2 is 2.04 bits per heavy atom. The SMILES string of the molecule is CCc1nc(CNC(=NC)NC(C)c2ccc(Cl)cc2)cs1.I. The van der Waals surface area contributed by atoms with Crippen molar-refractivity contribution in [2.45, 2.75) is 32.9 Å². The molecule has 7 heteroatoms. The maximum Gasteiger partial charge on any atom is 0.191 e. The lowest BCUT2D eigenvalue weighted by atomic mass is 10.1. The van der Waals surface area contributed by atoms with Gasteiger partial charge in [-0.15, -0.1) is 35.3 Å². The van der Waals surface area contributed by atoms with Gasteiger partial charge in [-0.05, 0) is 31.0 Å². The van der Waals surface area contributed by atoms with E-state index >= 15 is 0 Å². The first-order valence-electron chi connectivity index (χ1n) is 7.28. The van der Waals surface area contributed by atoms with E-state index in [2.05, 4.69) is 39.8 Å². The lowest BCUT2D eigenvalue weighted by Gasteiger charge is -2.18. The van der Waals surface area contributed by atoms with E-state index in [9.17, 15) is 0 Å². The molecule has 23 heavy (non-hydrogen) atoms. The number of nitrogens with zero attached hydrogens (tertiary/aromatic N) is 2. The zero-order valence-corrected chi connectivity index (χ0v) is 17.4. The largest absolute Gasteiger partial charge is 0.351 e. The molecule has 0 spiro atoms. The fourth-order valence-corrected chi connectivity index (χ4v) is 2.87. The molecule has 0 amide bonds. The van der Waals surface area contributed by atoms with Crippen LogP contribution in [0.1, 0.15) is 36.2 Å². The van der Waals surface area contributed by atoms with Crippen molar-refractivity contribution in [1.82, 2.24) is 15.6 Å². The van der Waals surface area contributed by atoms with Gasteiger partial charge in [0, 0.05) is 17.5 Å². The third kappa shape index (κ3) is 6.27. The van der Waals surface area contributed by atoms with Crippen LogP contribution < -0.4 is 10.6 Å². The van der Waals surface area contributed by atoms with Crippen LogP contribution in [0.25, 0.3) is 0 Å². The van der Waals surface area contributed by atoms with Crippen molar-refractivity contribution < 1.29 is 0 Å². The Bertz CT molecular complexity index is 627. The summed E-state index contributed by atoms with van der Waals surface area (Å²) >= 11 is 7.62. The Morgan fingerprint density at radius 1 is 1.35 bits per heavy atom. The van der Waals surface area contributed by atoms with Gasteiger partial charge < -0.3 is 10.6 Å². The number of guanidine groups is 1. The van der Waals surface area contributed by atoms with Gasteiger partial charge in [0.2, 0.25) is 0 Å². The molecular formula is C16H22ClIN4S. The van der Waals surface area contributed by atoms with E-state index in [0.717, 1.165) is 33.7 Å². The Balaban J connectivity index is 0.00000264. The van der Waals surface area contributed by atoms with Gasteiger partial charge in [-0.3, -0.25) is 4.99 Å². The first-order chi connectivity index (χ1) is 10.6. The van der Waals surface area contributed by atoms with E-state index in [-0.39, 0.29) is 30.0 Å². The van der Waals surface area contributed by atoms with E-state index in [1.807, 2.05) is 24.3 Å². The van der Waals surface area contributed by atoms with Gasteiger partial charge in [-0.1, -0.05) is 30.7 Å². The molecule has 4 nitrogen and oxygen atoms in total. The van der Waals surface area contributed by atoms with Gasteiger partial charge in [0.25, 0.3) is 0 Å². The minimum absolute atomic E-state index is 0. The smallest absolute Gasteiger partial charge is 0.191 e. The van der Waals surface area contributed by atoms with Gasteiger partial charge in [-0.2, -0.15) is 0 Å². The van der Waals surface area contributed by atoms with E-state index in [1.54, 1.807) is 18.4 Å². The Kier molecular flexibility index (Phi) is 8.86.